The number of benzene rings is 14. The topological polar surface area (TPSA) is 35.9 Å². The molecule has 0 saturated carbocycles. The largest absolute Gasteiger partial charge is 0.510 e. The van der Waals surface area contributed by atoms with Crippen molar-refractivity contribution in [2.75, 3.05) is 0 Å². The van der Waals surface area contributed by atoms with Crippen LogP contribution in [0.4, 0.5) is 0 Å². The average Bonchev–Trinajstić information content (AvgIpc) is 1.37. The second kappa shape index (κ2) is 27.7. The van der Waals surface area contributed by atoms with Crippen molar-refractivity contribution < 1.29 is 87.9 Å². The molecule has 3 heterocycles. The van der Waals surface area contributed by atoms with Gasteiger partial charge in [-0.15, -0.1) is 29.7 Å². The van der Waals surface area contributed by atoms with Crippen molar-refractivity contribution >= 4 is 90.5 Å². The number of para-hydroxylation sites is 2. The molecule has 0 aliphatic carbocycles. The molecule has 0 aliphatic rings. The van der Waals surface area contributed by atoms with Gasteiger partial charge in [0.05, 0.1) is 70.2 Å². The number of aromatic nitrogens is 4. The van der Waals surface area contributed by atoms with Crippen LogP contribution in [0.3, 0.4) is 0 Å². The number of imidazole rings is 1. The zero-order valence-corrected chi connectivity index (χ0v) is 58.4. The zero-order valence-electron chi connectivity index (χ0n) is 96.1. The third kappa shape index (κ3) is 11.8. The Labute approximate surface area is 678 Å². The number of nitrogens with zero attached hydrogens (tertiary/aromatic N) is 4. The Kier molecular flexibility index (Phi) is 9.14. The molecule has 0 bridgehead atoms. The van der Waals surface area contributed by atoms with Crippen LogP contribution in [0.15, 0.2) is 363 Å². The molecule has 0 radical (unpaired) electrons. The van der Waals surface area contributed by atoms with E-state index in [2.05, 4.69) is 18.5 Å². The van der Waals surface area contributed by atoms with Gasteiger partial charge in [0, 0.05) is 54.0 Å². The maximum atomic E-state index is 11.3. The van der Waals surface area contributed by atoms with Gasteiger partial charge in [-0.1, -0.05) is 341 Å². The van der Waals surface area contributed by atoms with E-state index in [1.54, 1.807) is 65.2 Å². The van der Waals surface area contributed by atoms with Crippen molar-refractivity contribution in [3.05, 3.63) is 393 Å². The summed E-state index contributed by atoms with van der Waals surface area (Å²) in [4.78, 5) is 4.69. The Morgan fingerprint density at radius 1 is 0.437 bits per heavy atom. The minimum atomic E-state index is -6.62. The maximum absolute atomic E-state index is 11.3. The van der Waals surface area contributed by atoms with Crippen LogP contribution in [0.25, 0.3) is 83.4 Å². The Morgan fingerprint density at radius 3 is 1.55 bits per heavy atom. The summed E-state index contributed by atoms with van der Waals surface area (Å²) in [5.74, 6) is -0.369. The Bertz CT molecular complexity index is 8010. The van der Waals surface area contributed by atoms with Crippen molar-refractivity contribution in [2.45, 2.75) is 33.0 Å². The number of fused-ring (bicyclic) bond motifs is 4. The maximum Gasteiger partial charge on any atom is 0.268 e. The fraction of sp³-hybridized carbons (Fsp3) is 0.0526. The molecule has 103 heavy (non-hydrogen) atoms. The summed E-state index contributed by atoms with van der Waals surface area (Å²) in [6.45, 7) is 2.62. The van der Waals surface area contributed by atoms with E-state index in [0.717, 1.165) is 6.20 Å². The molecule has 0 saturated heterocycles. The van der Waals surface area contributed by atoms with Gasteiger partial charge in [-0.3, -0.25) is 4.57 Å². The van der Waals surface area contributed by atoms with E-state index in [1.165, 1.54) is 69.8 Å². The number of pyridine rings is 1. The van der Waals surface area contributed by atoms with Crippen LogP contribution in [0, 0.1) is 25.3 Å². The average molecular weight is 1580 g/mol. The number of ether oxygens (including phenoxy) is 1. The van der Waals surface area contributed by atoms with Gasteiger partial charge < -0.3 is 13.9 Å². The molecule has 0 aliphatic heterocycles. The van der Waals surface area contributed by atoms with Crippen LogP contribution in [0.1, 0.15) is 89.5 Å². The number of aryl methyl sites for hydroxylation is 1. The molecule has 0 unspecified atom stereocenters. The summed E-state index contributed by atoms with van der Waals surface area (Å²) in [6.07, 6.45) is 4.46. The minimum absolute atomic E-state index is 0. The van der Waals surface area contributed by atoms with Crippen LogP contribution >= 0.6 is 0 Å². The second-order valence-electron chi connectivity index (χ2n) is 24.3. The standard InChI is InChI=1S/C95H72N4OSi2.Pt/c1-68-60-93(96-66-88(68)69-32-12-5-13-33-69)99-89-55-27-26-52-86(89)87-58-56-75(64-91(87)99)100-74-38-30-37-73(63-74)97-67-98(90-59-57-83(65-92(90)97)102(79-45-20-9-21-46-79,80-47-22-10-23-48-80)81-49-24-11-25-50-81)94-84(70-34-28-36-72(61-70)95(2,3)4)53-31-54-85(94)71-35-29-51-82(62-71)101(76-39-14-6-15-40-76,77-41-16-7-17-42-77)78-43-18-8-19-44-78;/h5-62,65-66H,1-4H3;/q-2;/i1D3,5D,6D,7D,8D,9D,10D,11D,12D,13D,14D,15D,16D,17D,18D,19D,20D,21D,22D,23D,24D,25D,29D,32D,33D,35D,39D,40D,41D,42D,43D,44D,45D,46D,47D,48D,49D,50D,51D,62D;. The van der Waals surface area contributed by atoms with E-state index in [4.69, 9.17) is 28.9 Å². The normalized spacial score (nSPS) is 17.7. The van der Waals surface area contributed by atoms with Crippen LogP contribution in [-0.4, -0.2) is 30.3 Å². The molecule has 14 aromatic carbocycles. The van der Waals surface area contributed by atoms with E-state index in [0.29, 0.717) is 21.9 Å². The van der Waals surface area contributed by atoms with Crippen molar-refractivity contribution in [3.8, 4) is 62.1 Å². The van der Waals surface area contributed by atoms with Crippen LogP contribution in [0.5, 0.6) is 11.5 Å². The monoisotopic (exact) mass is 1580 g/mol. The molecule has 0 N–H and O–H groups in total. The van der Waals surface area contributed by atoms with Crippen molar-refractivity contribution in [2.24, 2.45) is 0 Å². The number of hydrogen-bond acceptors (Lipinski definition) is 2. The molecule has 0 spiro atoms. The van der Waals surface area contributed by atoms with Crippen LogP contribution in [-0.2, 0) is 26.5 Å². The van der Waals surface area contributed by atoms with E-state index in [9.17, 15) is 38.4 Å². The predicted octanol–water partition coefficient (Wildman–Crippen LogP) is 17.0. The summed E-state index contributed by atoms with van der Waals surface area (Å²) in [5.41, 5.74) is -2.51. The summed E-state index contributed by atoms with van der Waals surface area (Å²) in [6, 6.07) is -6.84. The fourth-order valence-corrected chi connectivity index (χ4v) is 20.3. The smallest absolute Gasteiger partial charge is 0.268 e. The summed E-state index contributed by atoms with van der Waals surface area (Å²) < 4.78 is 409. The summed E-state index contributed by atoms with van der Waals surface area (Å²) in [5, 5.41) is -6.80. The molecule has 0 atom stereocenters. The fourth-order valence-electron chi connectivity index (χ4n) is 13.0. The molecule has 17 aromatic rings. The summed E-state index contributed by atoms with van der Waals surface area (Å²) >= 11 is 0. The number of rotatable bonds is 16. The van der Waals surface area contributed by atoms with Crippen molar-refractivity contribution in [3.63, 3.8) is 0 Å². The third-order valence-corrected chi connectivity index (χ3v) is 25.7. The molecular formula is C95H72N4OPtSi2-2. The molecule has 0 fully saturated rings. The van der Waals surface area contributed by atoms with Crippen molar-refractivity contribution in [1.82, 2.24) is 14.1 Å². The molecule has 8 heteroatoms. The van der Waals surface area contributed by atoms with E-state index < -0.39 is 328 Å². The van der Waals surface area contributed by atoms with Gasteiger partial charge in [-0.25, -0.2) is 4.98 Å². The van der Waals surface area contributed by atoms with E-state index >= 15 is 0 Å². The first-order valence-electron chi connectivity index (χ1n) is 52.6. The Morgan fingerprint density at radius 2 is 0.961 bits per heavy atom. The predicted molar refractivity (Wildman–Crippen MR) is 427 cm³/mol. The second-order valence-corrected chi connectivity index (χ2v) is 31.4. The van der Waals surface area contributed by atoms with Gasteiger partial charge in [0.1, 0.15) is 5.82 Å². The quantitative estimate of drug-likeness (QED) is 0.0418. The minimum Gasteiger partial charge on any atom is -0.510 e. The van der Waals surface area contributed by atoms with Crippen LogP contribution in [0.2, 0.25) is 0 Å². The third-order valence-electron chi connectivity index (χ3n) is 17.6. The number of hydrogen-bond donors (Lipinski definition) is 0. The van der Waals surface area contributed by atoms with Gasteiger partial charge >= 0.3 is 0 Å². The SMILES string of the molecule is [2H]c1c([2H])c([2H])c(-c2cnc(-n3c4[c-]c(Oc5[c-]c(-n6[c-][n+](-c7c(-c8cccc(C(C)(C)C)c8)cccc7-c7c([2H])c([2H])c([2H])c([Si](c8c([2H])c([2H])c([2H])c([2H])c8[2H])(c8c([2H])c([2H])c([2H])c([2H])c8[2H])c8c([2H])c([2H])c([2H])c([2H])c8[2H])c7[2H])c7ccc([Si](c8c([2H])c([2H])c([2H])c([2H])c8[2H])(c8c([2H])c([2H])c([2H])c([2H])c8[2H])c8c([2H])c([2H])c([2H])c([2H])c8[2H])cc76)ccc5)ccc4c4ccccc43)cc2C([2H])([2H])[2H])c([2H])c1[2H].[Pt]. The molecule has 498 valence electrons. The van der Waals surface area contributed by atoms with Gasteiger partial charge in [-0.05, 0) is 116 Å². The first-order valence-corrected chi connectivity index (χ1v) is 35.6. The van der Waals surface area contributed by atoms with Gasteiger partial charge in [0.25, 0.3) is 6.33 Å². The molecule has 0 amide bonds. The Balaban J connectivity index is 0.0000151. The molecular weight excluding hydrogens is 1460 g/mol. The van der Waals surface area contributed by atoms with Gasteiger partial charge in [0.15, 0.2) is 16.1 Å². The molecule has 3 aromatic heterocycles. The summed E-state index contributed by atoms with van der Waals surface area (Å²) in [7, 11) is -12.8. The Hall–Kier alpha value is -11.6. The first-order chi connectivity index (χ1) is 67.5. The van der Waals surface area contributed by atoms with Crippen LogP contribution < -0.4 is 50.8 Å². The first kappa shape index (κ1) is 33.9. The van der Waals surface area contributed by atoms with Gasteiger partial charge in [-0.2, -0.15) is 18.2 Å². The molecule has 17 rings (SSSR count). The van der Waals surface area contributed by atoms with E-state index in [-0.39, 0.29) is 83.0 Å². The zero-order chi connectivity index (χ0) is 105. The van der Waals surface area contributed by atoms with Gasteiger partial charge in [0.2, 0.25) is 0 Å². The van der Waals surface area contributed by atoms with Crippen molar-refractivity contribution in [1.29, 1.82) is 0 Å². The van der Waals surface area contributed by atoms with E-state index in [1.807, 2.05) is 20.8 Å². The molecule has 5 nitrogen and oxygen atoms in total.